The molecule has 0 radical (unpaired) electrons. The molecule has 1 aromatic heterocycles. The summed E-state index contributed by atoms with van der Waals surface area (Å²) in [4.78, 5) is 7.55. The van der Waals surface area contributed by atoms with Crippen LogP contribution in [0.25, 0.3) is 0 Å². The number of hydrogen-bond acceptors (Lipinski definition) is 5. The molecule has 38 heavy (non-hydrogen) atoms. The van der Waals surface area contributed by atoms with Crippen molar-refractivity contribution >= 4 is 58.6 Å². The molecule has 0 unspecified atom stereocenters. The highest BCUT2D eigenvalue weighted by molar-refractivity contribution is 8.01. The van der Waals surface area contributed by atoms with Crippen LogP contribution in [0.15, 0.2) is 126 Å². The fraction of sp³-hybridized carbons (Fsp3) is 0.129. The van der Waals surface area contributed by atoms with E-state index >= 15 is 0 Å². The second kappa shape index (κ2) is 11.8. The van der Waals surface area contributed by atoms with Gasteiger partial charge in [0.25, 0.3) is 11.3 Å². The van der Waals surface area contributed by atoms with Crippen molar-refractivity contribution in [1.29, 1.82) is 0 Å². The Balaban J connectivity index is 0.00000294. The van der Waals surface area contributed by atoms with E-state index in [9.17, 15) is 0 Å². The number of nitrogens with one attached hydrogen (secondary N) is 1. The molecule has 0 atom stereocenters. The Labute approximate surface area is 230 Å². The summed E-state index contributed by atoms with van der Waals surface area (Å²) < 4.78 is 12.3. The Hall–Kier alpha value is -3.63. The van der Waals surface area contributed by atoms with Crippen LogP contribution in [0.2, 0.25) is 0 Å². The fourth-order valence-corrected chi connectivity index (χ4v) is 9.16. The number of nitrogens with zero attached hydrogens (tertiary/aromatic N) is 2. The predicted molar refractivity (Wildman–Crippen MR) is 161 cm³/mol. The molecule has 6 rings (SSSR count). The van der Waals surface area contributed by atoms with E-state index in [1.54, 1.807) is 0 Å². The molecule has 4 aromatic carbocycles. The average molecular weight is 543 g/mol. The molecule has 1 N–H and O–H groups in total. The lowest BCUT2D eigenvalue weighted by atomic mass is 10.3. The molecule has 1 saturated heterocycles. The first-order valence-corrected chi connectivity index (χ1v) is 14.4. The molecule has 0 saturated carbocycles. The van der Waals surface area contributed by atoms with Gasteiger partial charge in [-0.05, 0) is 48.5 Å². The number of aromatic nitrogens is 1. The zero-order valence-electron chi connectivity index (χ0n) is 20.9. The number of benzene rings is 4. The first-order valence-electron chi connectivity index (χ1n) is 12.6. The largest absolute Gasteiger partial charge is 0.402 e. The molecule has 2 heterocycles. The number of halogens is 1. The number of oxazole rings is 1. The van der Waals surface area contributed by atoms with Gasteiger partial charge in [0, 0.05) is 18.8 Å². The number of rotatable bonds is 7. The summed E-state index contributed by atoms with van der Waals surface area (Å²) in [7, 11) is -2.42. The van der Waals surface area contributed by atoms with Crippen LogP contribution < -0.4 is 31.6 Å². The molecular weight excluding hydrogens is 513 g/mol. The van der Waals surface area contributed by atoms with Crippen LogP contribution in [0.3, 0.4) is 0 Å². The third-order valence-electron chi connectivity index (χ3n) is 6.66. The van der Waals surface area contributed by atoms with Gasteiger partial charge in [0.05, 0.1) is 13.2 Å². The number of morpholine rings is 1. The van der Waals surface area contributed by atoms with E-state index in [0.29, 0.717) is 19.2 Å². The molecule has 0 bridgehead atoms. The maximum absolute atomic E-state index is 6.60. The van der Waals surface area contributed by atoms with Crippen molar-refractivity contribution in [3.05, 3.63) is 121 Å². The van der Waals surface area contributed by atoms with Crippen molar-refractivity contribution in [3.63, 3.8) is 0 Å². The van der Waals surface area contributed by atoms with Gasteiger partial charge in [-0.2, -0.15) is 4.98 Å². The smallest absolute Gasteiger partial charge is 0.304 e. The summed E-state index contributed by atoms with van der Waals surface area (Å²) in [5, 5.41) is 7.12. The number of para-hydroxylation sites is 1. The SMILES string of the molecule is Cl.c1ccc(Nc2nc([P+](c3ccccc3)(c3ccccc3)c3ccccc3)c(N3CCOCC3)o2)cc1. The minimum Gasteiger partial charge on any atom is -0.402 e. The Morgan fingerprint density at radius 2 is 1.08 bits per heavy atom. The molecule has 0 amide bonds. The fourth-order valence-electron chi connectivity index (χ4n) is 4.96. The van der Waals surface area contributed by atoms with Crippen molar-refractivity contribution in [3.8, 4) is 0 Å². The van der Waals surface area contributed by atoms with Gasteiger partial charge in [0.2, 0.25) is 0 Å². The second-order valence-corrected chi connectivity index (χ2v) is 12.2. The van der Waals surface area contributed by atoms with Gasteiger partial charge in [-0.25, -0.2) is 0 Å². The van der Waals surface area contributed by atoms with Crippen molar-refractivity contribution in [2.24, 2.45) is 0 Å². The molecule has 5 aromatic rings. The first-order chi connectivity index (χ1) is 18.4. The van der Waals surface area contributed by atoms with Crippen LogP contribution in [-0.2, 0) is 4.74 Å². The van der Waals surface area contributed by atoms with Crippen LogP contribution >= 0.6 is 19.7 Å². The summed E-state index contributed by atoms with van der Waals surface area (Å²) in [5.74, 6) is 0.812. The molecule has 1 aliphatic rings. The second-order valence-electron chi connectivity index (χ2n) is 8.92. The highest BCUT2D eigenvalue weighted by Gasteiger charge is 2.53. The van der Waals surface area contributed by atoms with E-state index < -0.39 is 7.26 Å². The van der Waals surface area contributed by atoms with Crippen LogP contribution in [0, 0.1) is 0 Å². The molecule has 0 spiro atoms. The van der Waals surface area contributed by atoms with Crippen molar-refractivity contribution in [2.45, 2.75) is 0 Å². The van der Waals surface area contributed by atoms with E-state index in [4.69, 9.17) is 14.1 Å². The van der Waals surface area contributed by atoms with Gasteiger partial charge >= 0.3 is 6.01 Å². The zero-order valence-corrected chi connectivity index (χ0v) is 22.7. The third kappa shape index (κ3) is 4.93. The van der Waals surface area contributed by atoms with Gasteiger partial charge in [0.1, 0.15) is 15.9 Å². The van der Waals surface area contributed by atoms with Crippen LogP contribution in [0.4, 0.5) is 17.6 Å². The van der Waals surface area contributed by atoms with Gasteiger partial charge in [-0.15, -0.1) is 12.4 Å². The van der Waals surface area contributed by atoms with Crippen molar-refractivity contribution in [2.75, 3.05) is 36.5 Å². The summed E-state index contributed by atoms with van der Waals surface area (Å²) in [6.45, 7) is 2.83. The average Bonchev–Trinajstić information content (AvgIpc) is 3.40. The lowest BCUT2D eigenvalue weighted by Crippen LogP contribution is -2.44. The molecule has 192 valence electrons. The molecule has 5 nitrogen and oxygen atoms in total. The monoisotopic (exact) mass is 542 g/mol. The van der Waals surface area contributed by atoms with Crippen LogP contribution in [0.1, 0.15) is 0 Å². The number of anilines is 3. The van der Waals surface area contributed by atoms with Gasteiger partial charge in [0.15, 0.2) is 7.26 Å². The van der Waals surface area contributed by atoms with Crippen molar-refractivity contribution in [1.82, 2.24) is 4.98 Å². The molecule has 1 fully saturated rings. The van der Waals surface area contributed by atoms with E-state index in [-0.39, 0.29) is 12.4 Å². The number of hydrogen-bond donors (Lipinski definition) is 1. The van der Waals surface area contributed by atoms with Crippen LogP contribution in [-0.4, -0.2) is 31.3 Å². The van der Waals surface area contributed by atoms with E-state index in [0.717, 1.165) is 30.1 Å². The number of ether oxygens (including phenoxy) is 1. The van der Waals surface area contributed by atoms with E-state index in [1.807, 2.05) is 30.3 Å². The van der Waals surface area contributed by atoms with E-state index in [1.165, 1.54) is 15.9 Å². The Bertz CT molecular complexity index is 1330. The van der Waals surface area contributed by atoms with Crippen molar-refractivity contribution < 1.29 is 9.15 Å². The highest BCUT2D eigenvalue weighted by atomic mass is 35.5. The molecular formula is C31H30ClN3O2P+. The minimum atomic E-state index is -2.42. The summed E-state index contributed by atoms with van der Waals surface area (Å²) in [6, 6.07) is 42.9. The topological polar surface area (TPSA) is 50.5 Å². The molecule has 1 aliphatic heterocycles. The molecule has 0 aliphatic carbocycles. The zero-order chi connectivity index (χ0) is 24.9. The Morgan fingerprint density at radius 3 is 1.55 bits per heavy atom. The summed E-state index contributed by atoms with van der Waals surface area (Å²) >= 11 is 0. The highest BCUT2D eigenvalue weighted by Crippen LogP contribution is 2.56. The summed E-state index contributed by atoms with van der Waals surface area (Å²) in [5.41, 5.74) is 1.91. The minimum absolute atomic E-state index is 0. The summed E-state index contributed by atoms with van der Waals surface area (Å²) in [6.07, 6.45) is 0. The van der Waals surface area contributed by atoms with Crippen LogP contribution in [0.5, 0.6) is 0 Å². The van der Waals surface area contributed by atoms with Gasteiger partial charge in [-0.3, -0.25) is 0 Å². The lowest BCUT2D eigenvalue weighted by Gasteiger charge is -2.30. The Morgan fingerprint density at radius 1 is 0.632 bits per heavy atom. The maximum Gasteiger partial charge on any atom is 0.304 e. The lowest BCUT2D eigenvalue weighted by molar-refractivity contribution is 0.121. The quantitative estimate of drug-likeness (QED) is 0.283. The van der Waals surface area contributed by atoms with Gasteiger partial charge < -0.3 is 19.4 Å². The standard InChI is InChI=1S/C31H29N3O2P.ClH/c1-5-13-25(14-6-1)32-31-33-29(30(36-31)34-21-23-35-24-22-34)37(26-15-7-2-8-16-26,27-17-9-3-10-18-27)28-19-11-4-12-20-28;/h1-20H,21-24H2,(H,32,33);1H/q+1;. The predicted octanol–water partition coefficient (Wildman–Crippen LogP) is 5.30. The van der Waals surface area contributed by atoms with Gasteiger partial charge in [-0.1, -0.05) is 72.8 Å². The van der Waals surface area contributed by atoms with E-state index in [2.05, 4.69) is 101 Å². The Kier molecular flexibility index (Phi) is 8.09. The maximum atomic E-state index is 6.60. The normalized spacial score (nSPS) is 13.5. The third-order valence-corrected chi connectivity index (χ3v) is 10.8. The first kappa shape index (κ1) is 26.0. The molecule has 7 heteroatoms.